The van der Waals surface area contributed by atoms with E-state index in [1.807, 2.05) is 25.1 Å². The molecule has 0 bridgehead atoms. The van der Waals surface area contributed by atoms with Gasteiger partial charge in [0.15, 0.2) is 11.0 Å². The number of hydrogen-bond donors (Lipinski definition) is 1. The molecule has 1 heterocycles. The van der Waals surface area contributed by atoms with E-state index in [4.69, 9.17) is 16.3 Å². The number of para-hydroxylation sites is 1. The number of nitrogens with zero attached hydrogens (tertiary/aromatic N) is 3. The summed E-state index contributed by atoms with van der Waals surface area (Å²) in [5.41, 5.74) is 0. The van der Waals surface area contributed by atoms with Gasteiger partial charge in [0.2, 0.25) is 5.91 Å². The third-order valence-electron chi connectivity index (χ3n) is 4.30. The fourth-order valence-electron chi connectivity index (χ4n) is 2.86. The van der Waals surface area contributed by atoms with Crippen molar-refractivity contribution in [1.82, 2.24) is 20.1 Å². The van der Waals surface area contributed by atoms with E-state index in [0.717, 1.165) is 36.7 Å². The molecule has 1 amide bonds. The van der Waals surface area contributed by atoms with Gasteiger partial charge in [-0.05, 0) is 38.3 Å². The SMILES string of the molecule is CCC[C@@H](C)NC(=O)CSc1nnc(COc2ccccc2Cl)n1C1CC1. The number of thioether (sulfide) groups is 1. The van der Waals surface area contributed by atoms with Gasteiger partial charge in [0, 0.05) is 12.1 Å². The molecule has 1 aromatic carbocycles. The van der Waals surface area contributed by atoms with Gasteiger partial charge in [0.1, 0.15) is 12.4 Å². The molecule has 1 saturated carbocycles. The lowest BCUT2D eigenvalue weighted by atomic mass is 10.2. The minimum atomic E-state index is 0.0279. The monoisotopic (exact) mass is 408 g/mol. The van der Waals surface area contributed by atoms with Gasteiger partial charge < -0.3 is 10.1 Å². The minimum absolute atomic E-state index is 0.0279. The number of benzene rings is 1. The average molecular weight is 409 g/mol. The maximum Gasteiger partial charge on any atom is 0.230 e. The zero-order valence-corrected chi connectivity index (χ0v) is 17.2. The van der Waals surface area contributed by atoms with E-state index >= 15 is 0 Å². The van der Waals surface area contributed by atoms with E-state index in [1.54, 1.807) is 6.07 Å². The van der Waals surface area contributed by atoms with Crippen molar-refractivity contribution in [2.75, 3.05) is 5.75 Å². The van der Waals surface area contributed by atoms with Crippen LogP contribution in [0.5, 0.6) is 5.75 Å². The van der Waals surface area contributed by atoms with E-state index in [2.05, 4.69) is 27.0 Å². The maximum absolute atomic E-state index is 12.1. The summed E-state index contributed by atoms with van der Waals surface area (Å²) in [4.78, 5) is 12.1. The lowest BCUT2D eigenvalue weighted by Gasteiger charge is -2.13. The summed E-state index contributed by atoms with van der Waals surface area (Å²) in [6, 6.07) is 7.97. The Kier molecular flexibility index (Phi) is 7.01. The maximum atomic E-state index is 12.1. The summed E-state index contributed by atoms with van der Waals surface area (Å²) in [6.45, 7) is 4.44. The summed E-state index contributed by atoms with van der Waals surface area (Å²) in [5.74, 6) is 1.76. The standard InChI is InChI=1S/C19H25ClN4O2S/c1-3-6-13(2)21-18(25)12-27-19-23-22-17(24(19)14-9-10-14)11-26-16-8-5-4-7-15(16)20/h4-5,7-8,13-14H,3,6,9-12H2,1-2H3,(H,21,25)/t13-/m1/s1. The van der Waals surface area contributed by atoms with Gasteiger partial charge in [-0.25, -0.2) is 0 Å². The molecule has 0 aliphatic heterocycles. The van der Waals surface area contributed by atoms with Gasteiger partial charge in [-0.1, -0.05) is 48.8 Å². The van der Waals surface area contributed by atoms with Crippen molar-refractivity contribution in [2.24, 2.45) is 0 Å². The van der Waals surface area contributed by atoms with E-state index in [-0.39, 0.29) is 11.9 Å². The van der Waals surface area contributed by atoms with Crippen molar-refractivity contribution in [1.29, 1.82) is 0 Å². The topological polar surface area (TPSA) is 69.0 Å². The van der Waals surface area contributed by atoms with Gasteiger partial charge in [-0.15, -0.1) is 10.2 Å². The first kappa shape index (κ1) is 20.0. The van der Waals surface area contributed by atoms with Gasteiger partial charge in [0.05, 0.1) is 10.8 Å². The molecule has 1 fully saturated rings. The Morgan fingerprint density at radius 2 is 2.19 bits per heavy atom. The van der Waals surface area contributed by atoms with Crippen molar-refractivity contribution in [3.8, 4) is 5.75 Å². The summed E-state index contributed by atoms with van der Waals surface area (Å²) >= 11 is 7.57. The van der Waals surface area contributed by atoms with Crippen LogP contribution in [0.15, 0.2) is 29.4 Å². The van der Waals surface area contributed by atoms with Crippen molar-refractivity contribution in [3.05, 3.63) is 35.1 Å². The fourth-order valence-corrected chi connectivity index (χ4v) is 3.89. The Morgan fingerprint density at radius 3 is 2.89 bits per heavy atom. The normalized spacial score (nSPS) is 14.8. The van der Waals surface area contributed by atoms with Gasteiger partial charge in [-0.3, -0.25) is 9.36 Å². The number of nitrogens with one attached hydrogen (secondary N) is 1. The predicted octanol–water partition coefficient (Wildman–Crippen LogP) is 4.24. The first-order valence-corrected chi connectivity index (χ1v) is 10.7. The summed E-state index contributed by atoms with van der Waals surface area (Å²) in [6.07, 6.45) is 4.24. The summed E-state index contributed by atoms with van der Waals surface area (Å²) in [5, 5.41) is 12.9. The second-order valence-electron chi connectivity index (χ2n) is 6.76. The van der Waals surface area contributed by atoms with Crippen LogP contribution in [0, 0.1) is 0 Å². The quantitative estimate of drug-likeness (QED) is 0.595. The van der Waals surface area contributed by atoms with Crippen LogP contribution in [0.1, 0.15) is 51.4 Å². The van der Waals surface area contributed by atoms with Gasteiger partial charge in [0.25, 0.3) is 0 Å². The molecule has 0 spiro atoms. The summed E-state index contributed by atoms with van der Waals surface area (Å²) < 4.78 is 7.92. The van der Waals surface area contributed by atoms with Crippen LogP contribution >= 0.6 is 23.4 Å². The van der Waals surface area contributed by atoms with Crippen molar-refractivity contribution >= 4 is 29.3 Å². The number of amides is 1. The van der Waals surface area contributed by atoms with Crippen molar-refractivity contribution in [3.63, 3.8) is 0 Å². The number of ether oxygens (including phenoxy) is 1. The minimum Gasteiger partial charge on any atom is -0.484 e. The number of carbonyl (C=O) groups is 1. The lowest BCUT2D eigenvalue weighted by molar-refractivity contribution is -0.119. The molecule has 1 atom stereocenters. The van der Waals surface area contributed by atoms with Crippen LogP contribution in [0.3, 0.4) is 0 Å². The zero-order chi connectivity index (χ0) is 19.2. The molecule has 8 heteroatoms. The molecular formula is C19H25ClN4O2S. The fraction of sp³-hybridized carbons (Fsp3) is 0.526. The van der Waals surface area contributed by atoms with E-state index in [0.29, 0.717) is 29.2 Å². The third-order valence-corrected chi connectivity index (χ3v) is 5.56. The molecule has 1 N–H and O–H groups in total. The second kappa shape index (κ2) is 9.46. The zero-order valence-electron chi connectivity index (χ0n) is 15.7. The highest BCUT2D eigenvalue weighted by atomic mass is 35.5. The highest BCUT2D eigenvalue weighted by Crippen LogP contribution is 2.39. The van der Waals surface area contributed by atoms with Crippen LogP contribution < -0.4 is 10.1 Å². The second-order valence-corrected chi connectivity index (χ2v) is 8.11. The number of aromatic nitrogens is 3. The Balaban J connectivity index is 1.60. The Hall–Kier alpha value is -1.73. The Morgan fingerprint density at radius 1 is 1.41 bits per heavy atom. The van der Waals surface area contributed by atoms with E-state index in [1.165, 1.54) is 11.8 Å². The van der Waals surface area contributed by atoms with Crippen LogP contribution in [0.2, 0.25) is 5.02 Å². The van der Waals surface area contributed by atoms with Crippen molar-refractivity contribution in [2.45, 2.75) is 63.4 Å². The highest BCUT2D eigenvalue weighted by molar-refractivity contribution is 7.99. The molecule has 1 aliphatic carbocycles. The highest BCUT2D eigenvalue weighted by Gasteiger charge is 2.30. The van der Waals surface area contributed by atoms with Gasteiger partial charge in [-0.2, -0.15) is 0 Å². The first-order chi connectivity index (χ1) is 13.1. The number of hydrogen-bond acceptors (Lipinski definition) is 5. The number of rotatable bonds is 10. The van der Waals surface area contributed by atoms with Crippen molar-refractivity contribution < 1.29 is 9.53 Å². The molecule has 0 radical (unpaired) electrons. The van der Waals surface area contributed by atoms with Crippen LogP contribution in [0.25, 0.3) is 0 Å². The predicted molar refractivity (Wildman–Crippen MR) is 107 cm³/mol. The Labute approximate surface area is 169 Å². The van der Waals surface area contributed by atoms with E-state index in [9.17, 15) is 4.79 Å². The largest absolute Gasteiger partial charge is 0.484 e. The lowest BCUT2D eigenvalue weighted by Crippen LogP contribution is -2.33. The molecule has 3 rings (SSSR count). The molecule has 1 aliphatic rings. The molecule has 6 nitrogen and oxygen atoms in total. The molecule has 0 saturated heterocycles. The van der Waals surface area contributed by atoms with Crippen LogP contribution in [0.4, 0.5) is 0 Å². The smallest absolute Gasteiger partial charge is 0.230 e. The molecule has 27 heavy (non-hydrogen) atoms. The third kappa shape index (κ3) is 5.62. The number of carbonyl (C=O) groups excluding carboxylic acids is 1. The molecule has 0 unspecified atom stereocenters. The van der Waals surface area contributed by atoms with Crippen LogP contribution in [-0.4, -0.2) is 32.5 Å². The van der Waals surface area contributed by atoms with Crippen LogP contribution in [-0.2, 0) is 11.4 Å². The first-order valence-electron chi connectivity index (χ1n) is 9.31. The van der Waals surface area contributed by atoms with Gasteiger partial charge >= 0.3 is 0 Å². The summed E-state index contributed by atoms with van der Waals surface area (Å²) in [7, 11) is 0. The number of halogens is 1. The molecule has 2 aromatic rings. The molecule has 146 valence electrons. The van der Waals surface area contributed by atoms with E-state index < -0.39 is 0 Å². The Bertz CT molecular complexity index is 779. The average Bonchev–Trinajstić information content (AvgIpc) is 3.40. The molecular weight excluding hydrogens is 384 g/mol. The molecule has 1 aromatic heterocycles.